The minimum Gasteiger partial charge on any atom is -0.456 e. The maximum Gasteiger partial charge on any atom is 0.162 e. The van der Waals surface area contributed by atoms with Gasteiger partial charge in [-0.2, -0.15) is 0 Å². The summed E-state index contributed by atoms with van der Waals surface area (Å²) in [4.78, 5) is 10.8. The van der Waals surface area contributed by atoms with Gasteiger partial charge in [0.1, 0.15) is 16.8 Å². The molecule has 0 saturated carbocycles. The number of aromatic nitrogens is 3. The van der Waals surface area contributed by atoms with E-state index in [1.807, 2.05) is 47.7 Å². The smallest absolute Gasteiger partial charge is 0.162 e. The van der Waals surface area contributed by atoms with Gasteiger partial charge in [-0.3, -0.25) is 4.57 Å². The quantitative estimate of drug-likeness (QED) is 0.187. The number of furan rings is 1. The predicted octanol–water partition coefficient (Wildman–Crippen LogP) is 12.8. The second-order valence-electron chi connectivity index (χ2n) is 12.9. The summed E-state index contributed by atoms with van der Waals surface area (Å²) in [6.07, 6.45) is 0. The van der Waals surface area contributed by atoms with E-state index >= 15 is 0 Å². The van der Waals surface area contributed by atoms with Gasteiger partial charge >= 0.3 is 0 Å². The zero-order chi connectivity index (χ0) is 33.5. The van der Waals surface area contributed by atoms with Crippen molar-refractivity contribution in [1.82, 2.24) is 14.5 Å². The van der Waals surface area contributed by atoms with Gasteiger partial charge in [0.25, 0.3) is 0 Å². The average Bonchev–Trinajstić information content (AvgIpc) is 3.87. The maximum absolute atomic E-state index is 6.39. The Bertz CT molecular complexity index is 3140. The van der Waals surface area contributed by atoms with Crippen LogP contribution in [0.25, 0.3) is 104 Å². The summed E-state index contributed by atoms with van der Waals surface area (Å²) in [5.74, 6) is 0.679. The number of para-hydroxylation sites is 2. The van der Waals surface area contributed by atoms with Gasteiger partial charge in [0.05, 0.1) is 16.6 Å². The predicted molar refractivity (Wildman–Crippen MR) is 213 cm³/mol. The van der Waals surface area contributed by atoms with Crippen LogP contribution in [0.15, 0.2) is 168 Å². The molecule has 0 aliphatic carbocycles. The molecule has 11 rings (SSSR count). The topological polar surface area (TPSA) is 43.9 Å². The molecule has 238 valence electrons. The largest absolute Gasteiger partial charge is 0.456 e. The van der Waals surface area contributed by atoms with Gasteiger partial charge in [-0.05, 0) is 65.7 Å². The maximum atomic E-state index is 6.39. The van der Waals surface area contributed by atoms with Crippen LogP contribution in [0.3, 0.4) is 0 Å². The number of hydrogen-bond acceptors (Lipinski definition) is 4. The second-order valence-corrected chi connectivity index (χ2v) is 14.0. The van der Waals surface area contributed by atoms with Crippen LogP contribution in [0, 0.1) is 0 Å². The highest BCUT2D eigenvalue weighted by molar-refractivity contribution is 7.25. The molecule has 0 aliphatic rings. The number of nitrogens with zero attached hydrogens (tertiary/aromatic N) is 3. The Morgan fingerprint density at radius 3 is 2.02 bits per heavy atom. The van der Waals surface area contributed by atoms with E-state index in [1.165, 1.54) is 25.7 Å². The first-order valence-corrected chi connectivity index (χ1v) is 17.9. The van der Waals surface area contributed by atoms with Crippen molar-refractivity contribution in [3.63, 3.8) is 0 Å². The summed E-state index contributed by atoms with van der Waals surface area (Å²) in [6.45, 7) is 0. The van der Waals surface area contributed by atoms with E-state index in [9.17, 15) is 0 Å². The normalized spacial score (nSPS) is 11.9. The van der Waals surface area contributed by atoms with Crippen LogP contribution in [-0.4, -0.2) is 14.5 Å². The van der Waals surface area contributed by atoms with Gasteiger partial charge < -0.3 is 4.42 Å². The van der Waals surface area contributed by atoms with Gasteiger partial charge in [0.2, 0.25) is 0 Å². The third-order valence-corrected chi connectivity index (χ3v) is 11.2. The lowest BCUT2D eigenvalue weighted by atomic mass is 9.98. The molecule has 4 aromatic heterocycles. The Morgan fingerprint density at radius 1 is 0.471 bits per heavy atom. The number of thiophene rings is 1. The van der Waals surface area contributed by atoms with E-state index in [2.05, 4.69) is 132 Å². The fourth-order valence-electron chi connectivity index (χ4n) is 7.71. The molecule has 0 N–H and O–H groups in total. The molecule has 4 heterocycles. The van der Waals surface area contributed by atoms with E-state index in [0.717, 1.165) is 71.9 Å². The van der Waals surface area contributed by atoms with Crippen molar-refractivity contribution >= 4 is 75.4 Å². The molecule has 0 bridgehead atoms. The lowest BCUT2D eigenvalue weighted by Gasteiger charge is -2.11. The zero-order valence-electron chi connectivity index (χ0n) is 27.2. The molecule has 51 heavy (non-hydrogen) atoms. The molecule has 0 radical (unpaired) electrons. The van der Waals surface area contributed by atoms with Crippen molar-refractivity contribution in [2.75, 3.05) is 0 Å². The molecule has 0 atom stereocenters. The first kappa shape index (κ1) is 28.3. The Hall–Kier alpha value is -6.56. The molecule has 7 aromatic carbocycles. The zero-order valence-corrected chi connectivity index (χ0v) is 28.1. The molecule has 0 aliphatic heterocycles. The molecule has 0 amide bonds. The number of benzene rings is 7. The van der Waals surface area contributed by atoms with Gasteiger partial charge in [-0.1, -0.05) is 109 Å². The average molecular weight is 670 g/mol. The third kappa shape index (κ3) is 4.32. The number of rotatable bonds is 4. The second kappa shape index (κ2) is 11.0. The van der Waals surface area contributed by atoms with E-state index in [1.54, 1.807) is 0 Å². The highest BCUT2D eigenvalue weighted by Gasteiger charge is 2.24. The molecular weight excluding hydrogens is 643 g/mol. The molecule has 11 aromatic rings. The summed E-state index contributed by atoms with van der Waals surface area (Å²) in [5, 5.41) is 6.82. The summed E-state index contributed by atoms with van der Waals surface area (Å²) in [5.41, 5.74) is 9.88. The van der Waals surface area contributed by atoms with Crippen LogP contribution < -0.4 is 0 Å². The van der Waals surface area contributed by atoms with Crippen molar-refractivity contribution in [3.8, 4) is 39.5 Å². The van der Waals surface area contributed by atoms with Crippen LogP contribution >= 0.6 is 11.3 Å². The SMILES string of the molecule is c1ccc(-c2nc(-c3cccc4oc5ccccc5c34)c3c4cc(-c5ccc6sc7ccccc7c6c5)ccc4n(-c4ccccc4)c3n2)cc1. The fraction of sp³-hybridized carbons (Fsp3) is 0. The van der Waals surface area contributed by atoms with Gasteiger partial charge in [0, 0.05) is 53.1 Å². The lowest BCUT2D eigenvalue weighted by Crippen LogP contribution is -1.99. The van der Waals surface area contributed by atoms with Crippen LogP contribution in [0.1, 0.15) is 0 Å². The summed E-state index contributed by atoms with van der Waals surface area (Å²) in [7, 11) is 0. The van der Waals surface area contributed by atoms with E-state index in [4.69, 9.17) is 14.4 Å². The highest BCUT2D eigenvalue weighted by atomic mass is 32.1. The van der Waals surface area contributed by atoms with E-state index < -0.39 is 0 Å². The van der Waals surface area contributed by atoms with Crippen molar-refractivity contribution in [3.05, 3.63) is 164 Å². The number of hydrogen-bond donors (Lipinski definition) is 0. The first-order chi connectivity index (χ1) is 25.3. The molecule has 0 fully saturated rings. The molecule has 0 saturated heterocycles. The molecule has 4 nitrogen and oxygen atoms in total. The van der Waals surface area contributed by atoms with Gasteiger partial charge in [-0.25, -0.2) is 9.97 Å². The Labute approximate surface area is 296 Å². The van der Waals surface area contributed by atoms with Crippen molar-refractivity contribution in [2.45, 2.75) is 0 Å². The minimum absolute atomic E-state index is 0.679. The molecule has 5 heteroatoms. The lowest BCUT2D eigenvalue weighted by molar-refractivity contribution is 0.669. The van der Waals surface area contributed by atoms with Gasteiger partial charge in [-0.15, -0.1) is 11.3 Å². The molecule has 0 spiro atoms. The summed E-state index contributed by atoms with van der Waals surface area (Å²) < 4.78 is 11.3. The Morgan fingerprint density at radius 2 is 1.16 bits per heavy atom. The fourth-order valence-corrected chi connectivity index (χ4v) is 8.80. The van der Waals surface area contributed by atoms with Crippen molar-refractivity contribution < 1.29 is 4.42 Å². The monoisotopic (exact) mass is 669 g/mol. The van der Waals surface area contributed by atoms with E-state index in [0.29, 0.717) is 5.82 Å². The Kier molecular flexibility index (Phi) is 6.09. The molecule has 0 unspecified atom stereocenters. The Balaban J connectivity index is 1.27. The van der Waals surface area contributed by atoms with E-state index in [-0.39, 0.29) is 0 Å². The van der Waals surface area contributed by atoms with Crippen LogP contribution in [0.5, 0.6) is 0 Å². The summed E-state index contributed by atoms with van der Waals surface area (Å²) in [6, 6.07) is 57.7. The standard InChI is InChI=1S/C46H27N3OS/c1-3-12-28(13-4-1)45-47-44(34-18-11-20-39-42(34)33-17-7-9-19-38(33)50-39)43-36-27-29(22-24-37(36)49(46(43)48-45)31-14-5-2-6-15-31)30-23-25-41-35(26-30)32-16-8-10-21-40(32)51-41/h1-27H. The summed E-state index contributed by atoms with van der Waals surface area (Å²) >= 11 is 1.84. The highest BCUT2D eigenvalue weighted by Crippen LogP contribution is 2.44. The molecular formula is C46H27N3OS. The first-order valence-electron chi connectivity index (χ1n) is 17.1. The van der Waals surface area contributed by atoms with Crippen LogP contribution in [0.4, 0.5) is 0 Å². The number of fused-ring (bicyclic) bond motifs is 9. The van der Waals surface area contributed by atoms with Crippen molar-refractivity contribution in [2.24, 2.45) is 0 Å². The minimum atomic E-state index is 0.679. The van der Waals surface area contributed by atoms with Crippen LogP contribution in [-0.2, 0) is 0 Å². The van der Waals surface area contributed by atoms with Crippen molar-refractivity contribution in [1.29, 1.82) is 0 Å². The van der Waals surface area contributed by atoms with Crippen LogP contribution in [0.2, 0.25) is 0 Å². The van der Waals surface area contributed by atoms with Gasteiger partial charge in [0.15, 0.2) is 5.82 Å². The third-order valence-electron chi connectivity index (χ3n) is 10.0.